The monoisotopic (exact) mass is 323 g/mol. The van der Waals surface area contributed by atoms with Crippen LogP contribution in [0, 0.1) is 6.92 Å². The summed E-state index contributed by atoms with van der Waals surface area (Å²) in [5.74, 6) is 8.07. The lowest BCUT2D eigenvalue weighted by molar-refractivity contribution is 0.920. The number of nitrogen functional groups attached to an aromatic ring is 1. The maximum atomic E-state index is 6.18. The molecule has 1 aliphatic rings. The molecule has 7 heteroatoms. The zero-order valence-corrected chi connectivity index (χ0v) is 13.0. The van der Waals surface area contributed by atoms with Gasteiger partial charge < -0.3 is 10.7 Å². The summed E-state index contributed by atoms with van der Waals surface area (Å²) in [7, 11) is 0. The fourth-order valence-electron chi connectivity index (χ4n) is 2.04. The number of hydrazine groups is 1. The standard InChI is InChI=1S/C14H15Cl2N5/c1-7-12(18-11-6-9(15)4-5-10(11)16)19-14(8-2-3-8)20-13(7)21-17/h4-6,8H,2-3,17H2,1H3,(H2,18,19,20,21). The van der Waals surface area contributed by atoms with Gasteiger partial charge in [0.2, 0.25) is 0 Å². The smallest absolute Gasteiger partial charge is 0.148 e. The third kappa shape index (κ3) is 3.05. The molecule has 1 heterocycles. The molecule has 5 nitrogen and oxygen atoms in total. The Morgan fingerprint density at radius 2 is 1.90 bits per heavy atom. The van der Waals surface area contributed by atoms with Gasteiger partial charge in [-0.25, -0.2) is 15.8 Å². The van der Waals surface area contributed by atoms with Crippen LogP contribution in [0.3, 0.4) is 0 Å². The van der Waals surface area contributed by atoms with Gasteiger partial charge in [0.1, 0.15) is 17.5 Å². The van der Waals surface area contributed by atoms with E-state index in [4.69, 9.17) is 29.0 Å². The highest BCUT2D eigenvalue weighted by atomic mass is 35.5. The van der Waals surface area contributed by atoms with Gasteiger partial charge in [0.25, 0.3) is 0 Å². The van der Waals surface area contributed by atoms with E-state index in [1.54, 1.807) is 18.2 Å². The van der Waals surface area contributed by atoms with E-state index in [1.165, 1.54) is 0 Å². The number of nitrogens with zero attached hydrogens (tertiary/aromatic N) is 2. The Hall–Kier alpha value is -1.56. The molecular weight excluding hydrogens is 309 g/mol. The zero-order chi connectivity index (χ0) is 15.0. The molecule has 0 saturated heterocycles. The van der Waals surface area contributed by atoms with E-state index in [0.717, 1.165) is 24.2 Å². The molecule has 21 heavy (non-hydrogen) atoms. The molecule has 1 saturated carbocycles. The molecule has 0 aliphatic heterocycles. The van der Waals surface area contributed by atoms with Crippen LogP contribution in [-0.2, 0) is 0 Å². The van der Waals surface area contributed by atoms with E-state index >= 15 is 0 Å². The minimum atomic E-state index is 0.424. The fourth-order valence-corrected chi connectivity index (χ4v) is 2.38. The Labute approximate surface area is 132 Å². The van der Waals surface area contributed by atoms with Gasteiger partial charge in [-0.2, -0.15) is 0 Å². The molecular formula is C14H15Cl2N5. The summed E-state index contributed by atoms with van der Waals surface area (Å²) in [6.45, 7) is 1.90. The average Bonchev–Trinajstić information content (AvgIpc) is 3.29. The summed E-state index contributed by atoms with van der Waals surface area (Å²) in [5.41, 5.74) is 4.16. The minimum absolute atomic E-state index is 0.424. The highest BCUT2D eigenvalue weighted by Crippen LogP contribution is 2.40. The van der Waals surface area contributed by atoms with Gasteiger partial charge in [-0.15, -0.1) is 0 Å². The summed E-state index contributed by atoms with van der Waals surface area (Å²) < 4.78 is 0. The molecule has 4 N–H and O–H groups in total. The van der Waals surface area contributed by atoms with Gasteiger partial charge in [-0.05, 0) is 38.0 Å². The second-order valence-corrected chi connectivity index (χ2v) is 5.92. The van der Waals surface area contributed by atoms with Crippen molar-refractivity contribution in [3.8, 4) is 0 Å². The molecule has 110 valence electrons. The van der Waals surface area contributed by atoms with Gasteiger partial charge in [0.15, 0.2) is 0 Å². The van der Waals surface area contributed by atoms with Crippen LogP contribution in [0.5, 0.6) is 0 Å². The predicted octanol–water partition coefficient (Wildman–Crippen LogP) is 4.00. The van der Waals surface area contributed by atoms with E-state index in [1.807, 2.05) is 6.92 Å². The topological polar surface area (TPSA) is 75.9 Å². The van der Waals surface area contributed by atoms with Gasteiger partial charge in [0.05, 0.1) is 10.7 Å². The van der Waals surface area contributed by atoms with Crippen LogP contribution >= 0.6 is 23.2 Å². The average molecular weight is 324 g/mol. The molecule has 0 spiro atoms. The van der Waals surface area contributed by atoms with Crippen LogP contribution in [0.15, 0.2) is 18.2 Å². The number of aromatic nitrogens is 2. The van der Waals surface area contributed by atoms with Crippen LogP contribution in [0.1, 0.15) is 30.1 Å². The van der Waals surface area contributed by atoms with Crippen molar-refractivity contribution in [3.05, 3.63) is 39.6 Å². The van der Waals surface area contributed by atoms with E-state index in [0.29, 0.717) is 33.3 Å². The number of hydrogen-bond donors (Lipinski definition) is 3. The Kier molecular flexibility index (Phi) is 3.89. The number of hydrogen-bond acceptors (Lipinski definition) is 5. The summed E-state index contributed by atoms with van der Waals surface area (Å²) in [6, 6.07) is 5.24. The Morgan fingerprint density at radius 1 is 1.19 bits per heavy atom. The maximum Gasteiger partial charge on any atom is 0.148 e. The molecule has 2 aromatic rings. The zero-order valence-electron chi connectivity index (χ0n) is 11.5. The number of anilines is 3. The van der Waals surface area contributed by atoms with Crippen molar-refractivity contribution in [2.75, 3.05) is 10.7 Å². The lowest BCUT2D eigenvalue weighted by atomic mass is 10.2. The first kappa shape index (κ1) is 14.4. The molecule has 0 bridgehead atoms. The van der Waals surface area contributed by atoms with Gasteiger partial charge >= 0.3 is 0 Å². The highest BCUT2D eigenvalue weighted by Gasteiger charge is 2.28. The summed E-state index contributed by atoms with van der Waals surface area (Å²) >= 11 is 12.2. The highest BCUT2D eigenvalue weighted by molar-refractivity contribution is 6.35. The largest absolute Gasteiger partial charge is 0.339 e. The van der Waals surface area contributed by atoms with E-state index in [2.05, 4.69) is 20.7 Å². The number of nitrogens with two attached hydrogens (primary N) is 1. The van der Waals surface area contributed by atoms with Crippen molar-refractivity contribution < 1.29 is 0 Å². The SMILES string of the molecule is Cc1c(NN)nc(C2CC2)nc1Nc1cc(Cl)ccc1Cl. The summed E-state index contributed by atoms with van der Waals surface area (Å²) in [6.07, 6.45) is 2.23. The number of nitrogens with one attached hydrogen (secondary N) is 2. The van der Waals surface area contributed by atoms with Crippen molar-refractivity contribution >= 4 is 40.5 Å². The van der Waals surface area contributed by atoms with E-state index < -0.39 is 0 Å². The first-order valence-electron chi connectivity index (χ1n) is 6.65. The molecule has 1 aliphatic carbocycles. The lowest BCUT2D eigenvalue weighted by Gasteiger charge is -2.14. The summed E-state index contributed by atoms with van der Waals surface area (Å²) in [5, 5.41) is 4.40. The maximum absolute atomic E-state index is 6.18. The van der Waals surface area contributed by atoms with Crippen LogP contribution in [0.4, 0.5) is 17.3 Å². The van der Waals surface area contributed by atoms with Gasteiger partial charge in [-0.3, -0.25) is 0 Å². The molecule has 0 radical (unpaired) electrons. The Balaban J connectivity index is 2.00. The first-order valence-corrected chi connectivity index (χ1v) is 7.41. The van der Waals surface area contributed by atoms with Gasteiger partial charge in [0, 0.05) is 16.5 Å². The molecule has 1 aromatic carbocycles. The molecule has 0 amide bonds. The quantitative estimate of drug-likeness (QED) is 0.585. The normalized spacial score (nSPS) is 14.1. The van der Waals surface area contributed by atoms with Crippen molar-refractivity contribution in [1.29, 1.82) is 0 Å². The predicted molar refractivity (Wildman–Crippen MR) is 86.3 cm³/mol. The third-order valence-electron chi connectivity index (χ3n) is 3.42. The number of rotatable bonds is 4. The molecule has 1 aromatic heterocycles. The van der Waals surface area contributed by atoms with Crippen molar-refractivity contribution in [2.45, 2.75) is 25.7 Å². The van der Waals surface area contributed by atoms with E-state index in [9.17, 15) is 0 Å². The van der Waals surface area contributed by atoms with Crippen LogP contribution in [0.25, 0.3) is 0 Å². The van der Waals surface area contributed by atoms with Crippen molar-refractivity contribution in [1.82, 2.24) is 9.97 Å². The van der Waals surface area contributed by atoms with Crippen LogP contribution < -0.4 is 16.6 Å². The number of halogens is 2. The Bertz CT molecular complexity index is 685. The second-order valence-electron chi connectivity index (χ2n) is 5.07. The van der Waals surface area contributed by atoms with Gasteiger partial charge in [-0.1, -0.05) is 23.2 Å². The molecule has 0 atom stereocenters. The minimum Gasteiger partial charge on any atom is -0.339 e. The third-order valence-corrected chi connectivity index (χ3v) is 3.99. The summed E-state index contributed by atoms with van der Waals surface area (Å²) in [4.78, 5) is 9.04. The van der Waals surface area contributed by atoms with Crippen molar-refractivity contribution in [2.24, 2.45) is 5.84 Å². The van der Waals surface area contributed by atoms with Crippen molar-refractivity contribution in [3.63, 3.8) is 0 Å². The second kappa shape index (κ2) is 5.67. The van der Waals surface area contributed by atoms with E-state index in [-0.39, 0.29) is 0 Å². The lowest BCUT2D eigenvalue weighted by Crippen LogP contribution is -2.14. The van der Waals surface area contributed by atoms with Crippen LogP contribution in [0.2, 0.25) is 10.0 Å². The first-order chi connectivity index (χ1) is 10.1. The Morgan fingerprint density at radius 3 is 2.57 bits per heavy atom. The van der Waals surface area contributed by atoms with Crippen LogP contribution in [-0.4, -0.2) is 9.97 Å². The molecule has 1 fully saturated rings. The fraction of sp³-hybridized carbons (Fsp3) is 0.286. The molecule has 3 rings (SSSR count). The molecule has 0 unspecified atom stereocenters. The number of benzene rings is 1.